The molecule has 5 rings (SSSR count). The largest absolute Gasteiger partial charge is 0.481 e. The van der Waals surface area contributed by atoms with Gasteiger partial charge in [0.1, 0.15) is 6.04 Å². The van der Waals surface area contributed by atoms with Gasteiger partial charge in [-0.15, -0.1) is 0 Å². The Bertz CT molecular complexity index is 1340. The quantitative estimate of drug-likeness (QED) is 0.596. The van der Waals surface area contributed by atoms with Crippen LogP contribution in [-0.2, 0) is 16.1 Å². The van der Waals surface area contributed by atoms with Crippen LogP contribution in [0.3, 0.4) is 0 Å². The minimum absolute atomic E-state index is 0.200. The second kappa shape index (κ2) is 8.01. The van der Waals surface area contributed by atoms with Crippen molar-refractivity contribution < 1.29 is 23.9 Å². The summed E-state index contributed by atoms with van der Waals surface area (Å²) in [5, 5.41) is 5.96. The first-order valence-corrected chi connectivity index (χ1v) is 10.5. The fourth-order valence-electron chi connectivity index (χ4n) is 4.22. The molecular formula is C24H20N4O5. The van der Waals surface area contributed by atoms with Crippen molar-refractivity contribution in [2.24, 2.45) is 0 Å². The van der Waals surface area contributed by atoms with Crippen molar-refractivity contribution in [2.75, 3.05) is 12.4 Å². The lowest BCUT2D eigenvalue weighted by molar-refractivity contribution is -0.136. The van der Waals surface area contributed by atoms with E-state index in [1.54, 1.807) is 49.6 Å². The highest BCUT2D eigenvalue weighted by Crippen LogP contribution is 2.29. The van der Waals surface area contributed by atoms with Crippen molar-refractivity contribution in [3.8, 4) is 5.88 Å². The molecule has 3 heterocycles. The van der Waals surface area contributed by atoms with Crippen molar-refractivity contribution >= 4 is 40.2 Å². The van der Waals surface area contributed by atoms with Gasteiger partial charge in [-0.25, -0.2) is 4.98 Å². The van der Waals surface area contributed by atoms with Crippen molar-refractivity contribution in [3.63, 3.8) is 0 Å². The van der Waals surface area contributed by atoms with E-state index in [-0.39, 0.29) is 30.7 Å². The average Bonchev–Trinajstić information content (AvgIpc) is 3.13. The second-order valence-corrected chi connectivity index (χ2v) is 7.99. The predicted octanol–water partition coefficient (Wildman–Crippen LogP) is 2.26. The first kappa shape index (κ1) is 20.6. The van der Waals surface area contributed by atoms with Crippen LogP contribution in [0.25, 0.3) is 10.9 Å². The summed E-state index contributed by atoms with van der Waals surface area (Å²) in [5.74, 6) is -0.828. The fourth-order valence-corrected chi connectivity index (χ4v) is 4.22. The molecule has 3 aromatic rings. The van der Waals surface area contributed by atoms with Crippen LogP contribution >= 0.6 is 0 Å². The molecule has 1 unspecified atom stereocenters. The Labute approximate surface area is 188 Å². The maximum absolute atomic E-state index is 12.8. The Hall–Kier alpha value is -4.27. The van der Waals surface area contributed by atoms with E-state index in [1.807, 2.05) is 6.07 Å². The summed E-state index contributed by atoms with van der Waals surface area (Å²) in [6, 6.07) is 13.1. The molecule has 9 heteroatoms. The molecule has 1 atom stereocenters. The highest BCUT2D eigenvalue weighted by Gasteiger charge is 2.39. The number of pyridine rings is 1. The van der Waals surface area contributed by atoms with Crippen LogP contribution < -0.4 is 15.4 Å². The number of benzene rings is 2. The second-order valence-electron chi connectivity index (χ2n) is 7.99. The maximum Gasteiger partial charge on any atom is 0.255 e. The summed E-state index contributed by atoms with van der Waals surface area (Å²) in [7, 11) is 1.55. The summed E-state index contributed by atoms with van der Waals surface area (Å²) in [6.45, 7) is 0.244. The zero-order chi connectivity index (χ0) is 23.1. The Balaban J connectivity index is 1.33. The van der Waals surface area contributed by atoms with Crippen LogP contribution in [0.1, 0.15) is 39.1 Å². The van der Waals surface area contributed by atoms with E-state index in [1.165, 1.54) is 4.90 Å². The number of nitrogens with one attached hydrogen (secondary N) is 2. The van der Waals surface area contributed by atoms with Gasteiger partial charge in [-0.05, 0) is 54.4 Å². The van der Waals surface area contributed by atoms with Crippen molar-refractivity contribution in [3.05, 3.63) is 65.2 Å². The van der Waals surface area contributed by atoms with Gasteiger partial charge in [-0.2, -0.15) is 0 Å². The summed E-state index contributed by atoms with van der Waals surface area (Å²) in [4.78, 5) is 55.0. The molecule has 1 fully saturated rings. The molecule has 2 aromatic carbocycles. The number of ether oxygens (including phenoxy) is 1. The molecule has 2 aliphatic rings. The van der Waals surface area contributed by atoms with Crippen LogP contribution in [0.5, 0.6) is 5.88 Å². The minimum Gasteiger partial charge on any atom is -0.481 e. The van der Waals surface area contributed by atoms with Gasteiger partial charge in [0.15, 0.2) is 0 Å². The number of hydrogen-bond acceptors (Lipinski definition) is 6. The SMILES string of the molecule is COc1ccc2cc(C(=O)Nc3ccc4c(c3)CN(C3CCC(=O)NC3=O)C4=O)ccc2n1. The monoisotopic (exact) mass is 444 g/mol. The number of carbonyl (C=O) groups is 4. The standard InChI is InChI=1S/C24H20N4O5/c1-33-21-9-3-13-10-14(2-6-18(13)26-21)22(30)25-16-4-5-17-15(11-16)12-28(24(17)32)19-7-8-20(29)27-23(19)31/h2-6,9-11,19H,7-8,12H2,1H3,(H,25,30)(H,27,29,31). The Morgan fingerprint density at radius 3 is 2.76 bits per heavy atom. The molecule has 4 amide bonds. The van der Waals surface area contributed by atoms with Gasteiger partial charge in [0.25, 0.3) is 11.8 Å². The van der Waals surface area contributed by atoms with E-state index < -0.39 is 11.9 Å². The Morgan fingerprint density at radius 1 is 1.12 bits per heavy atom. The maximum atomic E-state index is 12.8. The number of imide groups is 1. The molecule has 1 saturated heterocycles. The third-order valence-electron chi connectivity index (χ3n) is 5.92. The van der Waals surface area contributed by atoms with Crippen LogP contribution in [-0.4, -0.2) is 46.7 Å². The molecule has 166 valence electrons. The van der Waals surface area contributed by atoms with Crippen LogP contribution in [0.2, 0.25) is 0 Å². The van der Waals surface area contributed by atoms with Gasteiger partial charge in [0.05, 0.1) is 12.6 Å². The van der Waals surface area contributed by atoms with Gasteiger partial charge < -0.3 is 15.0 Å². The molecule has 0 saturated carbocycles. The average molecular weight is 444 g/mol. The lowest BCUT2D eigenvalue weighted by Gasteiger charge is -2.29. The predicted molar refractivity (Wildman–Crippen MR) is 119 cm³/mol. The number of methoxy groups -OCH3 is 1. The molecule has 2 aliphatic heterocycles. The Morgan fingerprint density at radius 2 is 1.97 bits per heavy atom. The number of nitrogens with zero attached hydrogens (tertiary/aromatic N) is 2. The van der Waals surface area contributed by atoms with E-state index in [2.05, 4.69) is 15.6 Å². The lowest BCUT2D eigenvalue weighted by atomic mass is 10.0. The van der Waals surface area contributed by atoms with Crippen LogP contribution in [0, 0.1) is 0 Å². The third-order valence-corrected chi connectivity index (χ3v) is 5.92. The summed E-state index contributed by atoms with van der Waals surface area (Å²) < 4.78 is 5.12. The Kier molecular flexibility index (Phi) is 5.01. The zero-order valence-electron chi connectivity index (χ0n) is 17.8. The molecule has 1 aromatic heterocycles. The summed E-state index contributed by atoms with van der Waals surface area (Å²) >= 11 is 0. The van der Waals surface area contributed by atoms with E-state index in [0.29, 0.717) is 29.1 Å². The van der Waals surface area contributed by atoms with E-state index in [4.69, 9.17) is 4.74 Å². The van der Waals surface area contributed by atoms with Gasteiger partial charge in [0.2, 0.25) is 17.7 Å². The van der Waals surface area contributed by atoms with Crippen LogP contribution in [0.4, 0.5) is 5.69 Å². The highest BCUT2D eigenvalue weighted by molar-refractivity contribution is 6.08. The normalized spacial score (nSPS) is 17.7. The minimum atomic E-state index is -0.675. The fraction of sp³-hybridized carbons (Fsp3) is 0.208. The molecular weight excluding hydrogens is 424 g/mol. The number of anilines is 1. The third kappa shape index (κ3) is 3.78. The molecule has 33 heavy (non-hydrogen) atoms. The number of carbonyl (C=O) groups excluding carboxylic acids is 4. The van der Waals surface area contributed by atoms with Gasteiger partial charge in [-0.1, -0.05) is 0 Å². The van der Waals surface area contributed by atoms with E-state index in [0.717, 1.165) is 16.5 Å². The molecule has 0 radical (unpaired) electrons. The summed E-state index contributed by atoms with van der Waals surface area (Å²) in [6.07, 6.45) is 0.503. The number of amides is 4. The van der Waals surface area contributed by atoms with Crippen molar-refractivity contribution in [2.45, 2.75) is 25.4 Å². The smallest absolute Gasteiger partial charge is 0.255 e. The van der Waals surface area contributed by atoms with Crippen molar-refractivity contribution in [1.29, 1.82) is 0 Å². The number of aromatic nitrogens is 1. The number of fused-ring (bicyclic) bond motifs is 2. The van der Waals surface area contributed by atoms with E-state index in [9.17, 15) is 19.2 Å². The number of rotatable bonds is 4. The zero-order valence-corrected chi connectivity index (χ0v) is 17.8. The molecule has 0 aliphatic carbocycles. The highest BCUT2D eigenvalue weighted by atomic mass is 16.5. The number of piperidine rings is 1. The molecule has 9 nitrogen and oxygen atoms in total. The number of hydrogen-bond donors (Lipinski definition) is 2. The molecule has 0 bridgehead atoms. The topological polar surface area (TPSA) is 118 Å². The molecule has 0 spiro atoms. The first-order chi connectivity index (χ1) is 15.9. The lowest BCUT2D eigenvalue weighted by Crippen LogP contribution is -2.52. The van der Waals surface area contributed by atoms with Crippen molar-refractivity contribution in [1.82, 2.24) is 15.2 Å². The van der Waals surface area contributed by atoms with Gasteiger partial charge >= 0.3 is 0 Å². The van der Waals surface area contributed by atoms with E-state index >= 15 is 0 Å². The van der Waals surface area contributed by atoms with Gasteiger partial charge in [-0.3, -0.25) is 24.5 Å². The van der Waals surface area contributed by atoms with Gasteiger partial charge in [0, 0.05) is 41.2 Å². The molecule has 2 N–H and O–H groups in total. The first-order valence-electron chi connectivity index (χ1n) is 10.5. The van der Waals surface area contributed by atoms with Crippen LogP contribution in [0.15, 0.2) is 48.5 Å². The summed E-state index contributed by atoms with van der Waals surface area (Å²) in [5.41, 5.74) is 2.94.